The maximum absolute atomic E-state index is 12.8. The number of anilines is 2. The summed E-state index contributed by atoms with van der Waals surface area (Å²) in [6.45, 7) is 1.97. The molecule has 0 aliphatic heterocycles. The van der Waals surface area contributed by atoms with Crippen molar-refractivity contribution in [2.24, 2.45) is 0 Å². The van der Waals surface area contributed by atoms with Gasteiger partial charge in [-0.25, -0.2) is 4.39 Å². The summed E-state index contributed by atoms with van der Waals surface area (Å²) < 4.78 is 18.0. The molecule has 104 valence electrons. The van der Waals surface area contributed by atoms with Crippen LogP contribution in [0.25, 0.3) is 0 Å². The third-order valence-corrected chi connectivity index (χ3v) is 3.00. The van der Waals surface area contributed by atoms with Gasteiger partial charge in [-0.1, -0.05) is 6.07 Å². The van der Waals surface area contributed by atoms with Crippen molar-refractivity contribution >= 4 is 28.7 Å². The van der Waals surface area contributed by atoms with E-state index in [1.807, 2.05) is 25.1 Å². The largest absolute Gasteiger partial charge is 0.497 e. The number of benzene rings is 2. The summed E-state index contributed by atoms with van der Waals surface area (Å²) in [5.41, 5.74) is 2.64. The second kappa shape index (κ2) is 6.34. The summed E-state index contributed by atoms with van der Waals surface area (Å²) in [4.78, 5) is 0. The zero-order valence-electron chi connectivity index (χ0n) is 11.2. The van der Waals surface area contributed by atoms with Gasteiger partial charge < -0.3 is 15.4 Å². The molecule has 2 aromatic rings. The van der Waals surface area contributed by atoms with E-state index in [1.54, 1.807) is 19.2 Å². The monoisotopic (exact) mass is 290 g/mol. The predicted octanol–water partition coefficient (Wildman–Crippen LogP) is 3.95. The number of halogens is 1. The number of hydrogen-bond donors (Lipinski definition) is 2. The molecule has 0 saturated carbocycles. The molecule has 0 radical (unpaired) electrons. The zero-order chi connectivity index (χ0) is 14.5. The average Bonchev–Trinajstić information content (AvgIpc) is 2.44. The molecule has 5 heteroatoms. The quantitative estimate of drug-likeness (QED) is 0.839. The molecule has 0 aromatic heterocycles. The first-order valence-corrected chi connectivity index (χ1v) is 6.47. The Bertz CT molecular complexity index is 614. The predicted molar refractivity (Wildman–Crippen MR) is 84.0 cm³/mol. The lowest BCUT2D eigenvalue weighted by Crippen LogP contribution is -2.19. The molecule has 2 aromatic carbocycles. The lowest BCUT2D eigenvalue weighted by Gasteiger charge is -2.13. The first-order chi connectivity index (χ1) is 9.58. The van der Waals surface area contributed by atoms with Crippen LogP contribution < -0.4 is 15.4 Å². The van der Waals surface area contributed by atoms with Gasteiger partial charge in [0, 0.05) is 17.4 Å². The summed E-state index contributed by atoms with van der Waals surface area (Å²) in [6.07, 6.45) is 0. The molecule has 0 atom stereocenters. The molecule has 0 saturated heterocycles. The molecule has 20 heavy (non-hydrogen) atoms. The van der Waals surface area contributed by atoms with Crippen molar-refractivity contribution in [3.05, 3.63) is 53.8 Å². The van der Waals surface area contributed by atoms with Crippen LogP contribution in [0.1, 0.15) is 5.56 Å². The number of ether oxygens (including phenoxy) is 1. The number of hydrogen-bond acceptors (Lipinski definition) is 2. The third-order valence-electron chi connectivity index (χ3n) is 2.80. The molecule has 0 bridgehead atoms. The lowest BCUT2D eigenvalue weighted by atomic mass is 10.2. The molecular formula is C15H15FN2OS. The molecule has 2 rings (SSSR count). The molecule has 0 aliphatic rings. The van der Waals surface area contributed by atoms with Crippen LogP contribution in [0.3, 0.4) is 0 Å². The van der Waals surface area contributed by atoms with Crippen LogP contribution in [0.15, 0.2) is 42.5 Å². The Morgan fingerprint density at radius 2 is 1.80 bits per heavy atom. The number of methoxy groups -OCH3 is 1. The van der Waals surface area contributed by atoms with E-state index in [9.17, 15) is 4.39 Å². The van der Waals surface area contributed by atoms with Crippen LogP contribution in [0.5, 0.6) is 5.75 Å². The van der Waals surface area contributed by atoms with E-state index in [-0.39, 0.29) is 5.82 Å². The fourth-order valence-electron chi connectivity index (χ4n) is 1.68. The standard InChI is InChI=1S/C15H15FN2OS/c1-10-3-8-13(19-2)9-14(10)18-15(20)17-12-6-4-11(16)5-7-12/h3-9H,1-2H3,(H2,17,18,20). The van der Waals surface area contributed by atoms with Gasteiger partial charge in [-0.3, -0.25) is 0 Å². The Hall–Kier alpha value is -2.14. The molecular weight excluding hydrogens is 275 g/mol. The SMILES string of the molecule is COc1ccc(C)c(NC(=S)Nc2ccc(F)cc2)c1. The smallest absolute Gasteiger partial charge is 0.175 e. The van der Waals surface area contributed by atoms with Crippen LogP contribution >= 0.6 is 12.2 Å². The second-order valence-corrected chi connectivity index (χ2v) is 4.68. The van der Waals surface area contributed by atoms with Crippen LogP contribution in [0.2, 0.25) is 0 Å². The van der Waals surface area contributed by atoms with Crippen molar-refractivity contribution < 1.29 is 9.13 Å². The van der Waals surface area contributed by atoms with Crippen LogP contribution in [0.4, 0.5) is 15.8 Å². The highest BCUT2D eigenvalue weighted by atomic mass is 32.1. The minimum Gasteiger partial charge on any atom is -0.497 e. The summed E-state index contributed by atoms with van der Waals surface area (Å²) in [5.74, 6) is 0.473. The van der Waals surface area contributed by atoms with Crippen molar-refractivity contribution in [3.8, 4) is 5.75 Å². The van der Waals surface area contributed by atoms with Gasteiger partial charge in [0.05, 0.1) is 7.11 Å². The topological polar surface area (TPSA) is 33.3 Å². The van der Waals surface area contributed by atoms with Crippen molar-refractivity contribution in [2.45, 2.75) is 6.92 Å². The van der Waals surface area contributed by atoms with E-state index in [2.05, 4.69) is 10.6 Å². The Morgan fingerprint density at radius 3 is 2.45 bits per heavy atom. The molecule has 0 heterocycles. The van der Waals surface area contributed by atoms with Gasteiger partial charge in [0.2, 0.25) is 0 Å². The second-order valence-electron chi connectivity index (χ2n) is 4.27. The Morgan fingerprint density at radius 1 is 1.10 bits per heavy atom. The lowest BCUT2D eigenvalue weighted by molar-refractivity contribution is 0.415. The molecule has 0 amide bonds. The molecule has 0 unspecified atom stereocenters. The molecule has 0 spiro atoms. The van der Waals surface area contributed by atoms with Crippen molar-refractivity contribution in [1.29, 1.82) is 0 Å². The maximum atomic E-state index is 12.8. The number of aryl methyl sites for hydroxylation is 1. The van der Waals surface area contributed by atoms with E-state index in [1.165, 1.54) is 12.1 Å². The van der Waals surface area contributed by atoms with E-state index < -0.39 is 0 Å². The van der Waals surface area contributed by atoms with Gasteiger partial charge in [0.1, 0.15) is 11.6 Å². The Labute approximate surface area is 122 Å². The fraction of sp³-hybridized carbons (Fsp3) is 0.133. The number of nitrogens with one attached hydrogen (secondary N) is 2. The summed E-state index contributed by atoms with van der Waals surface area (Å²) >= 11 is 5.23. The molecule has 0 aliphatic carbocycles. The minimum absolute atomic E-state index is 0.280. The van der Waals surface area contributed by atoms with Gasteiger partial charge in [-0.15, -0.1) is 0 Å². The fourth-order valence-corrected chi connectivity index (χ4v) is 1.91. The normalized spacial score (nSPS) is 9.95. The molecule has 3 nitrogen and oxygen atoms in total. The van der Waals surface area contributed by atoms with Crippen molar-refractivity contribution in [1.82, 2.24) is 0 Å². The van der Waals surface area contributed by atoms with Gasteiger partial charge in [0.15, 0.2) is 5.11 Å². The van der Waals surface area contributed by atoms with Gasteiger partial charge in [0.25, 0.3) is 0 Å². The molecule has 0 fully saturated rings. The zero-order valence-corrected chi connectivity index (χ0v) is 12.1. The van der Waals surface area contributed by atoms with E-state index in [4.69, 9.17) is 17.0 Å². The van der Waals surface area contributed by atoms with Crippen molar-refractivity contribution in [2.75, 3.05) is 17.7 Å². The van der Waals surface area contributed by atoms with E-state index in [0.717, 1.165) is 22.7 Å². The van der Waals surface area contributed by atoms with Gasteiger partial charge in [-0.05, 0) is 55.0 Å². The van der Waals surface area contributed by atoms with E-state index in [0.29, 0.717) is 5.11 Å². The summed E-state index contributed by atoms with van der Waals surface area (Å²) in [6, 6.07) is 11.7. The molecule has 2 N–H and O–H groups in total. The van der Waals surface area contributed by atoms with Gasteiger partial charge in [-0.2, -0.15) is 0 Å². The minimum atomic E-state index is -0.280. The number of thiocarbonyl (C=S) groups is 1. The number of rotatable bonds is 3. The third kappa shape index (κ3) is 3.68. The van der Waals surface area contributed by atoms with Crippen molar-refractivity contribution in [3.63, 3.8) is 0 Å². The highest BCUT2D eigenvalue weighted by molar-refractivity contribution is 7.80. The highest BCUT2D eigenvalue weighted by Gasteiger charge is 2.04. The maximum Gasteiger partial charge on any atom is 0.175 e. The van der Waals surface area contributed by atoms with Gasteiger partial charge >= 0.3 is 0 Å². The van der Waals surface area contributed by atoms with Crippen LogP contribution in [0, 0.1) is 12.7 Å². The average molecular weight is 290 g/mol. The Balaban J connectivity index is 2.06. The van der Waals surface area contributed by atoms with Crippen LogP contribution in [-0.2, 0) is 0 Å². The van der Waals surface area contributed by atoms with E-state index >= 15 is 0 Å². The first-order valence-electron chi connectivity index (χ1n) is 6.06. The first kappa shape index (κ1) is 14.3. The highest BCUT2D eigenvalue weighted by Crippen LogP contribution is 2.22. The summed E-state index contributed by atoms with van der Waals surface area (Å²) in [7, 11) is 1.61. The Kier molecular flexibility index (Phi) is 4.53. The van der Waals surface area contributed by atoms with Crippen LogP contribution in [-0.4, -0.2) is 12.2 Å². The summed E-state index contributed by atoms with van der Waals surface area (Å²) in [5, 5.41) is 6.53.